The van der Waals surface area contributed by atoms with Crippen LogP contribution in [0.15, 0.2) is 54.7 Å². The van der Waals surface area contributed by atoms with Gasteiger partial charge in [0.15, 0.2) is 4.47 Å². The van der Waals surface area contributed by atoms with Gasteiger partial charge in [0.2, 0.25) is 5.91 Å². The van der Waals surface area contributed by atoms with Gasteiger partial charge in [0.1, 0.15) is 12.6 Å². The highest BCUT2D eigenvalue weighted by Crippen LogP contribution is 2.44. The lowest BCUT2D eigenvalue weighted by molar-refractivity contribution is -0.137. The van der Waals surface area contributed by atoms with Gasteiger partial charge in [0, 0.05) is 23.4 Å². The fourth-order valence-electron chi connectivity index (χ4n) is 3.98. The Morgan fingerprint density at radius 2 is 1.74 bits per heavy atom. The molecule has 8 nitrogen and oxygen atoms in total. The molecule has 1 unspecified atom stereocenters. The molecule has 2 amide bonds. The van der Waals surface area contributed by atoms with E-state index in [0.29, 0.717) is 4.47 Å². The number of thiazole rings is 1. The summed E-state index contributed by atoms with van der Waals surface area (Å²) in [6.45, 7) is 0.256. The predicted molar refractivity (Wildman–Crippen MR) is 128 cm³/mol. The summed E-state index contributed by atoms with van der Waals surface area (Å²) in [7, 11) is 0. The SMILES string of the molecule is O=C(O)CCC(NC(=O)OCC1c2ccccc2-c2ccccc21)C(=O)NCc1cnc(Cl)s1. The molecule has 1 aliphatic rings. The number of nitrogens with one attached hydrogen (secondary N) is 2. The Kier molecular flexibility index (Phi) is 7.44. The normalized spacial score (nSPS) is 13.0. The quantitative estimate of drug-likeness (QED) is 0.406. The average Bonchev–Trinajstić information content (AvgIpc) is 3.39. The van der Waals surface area contributed by atoms with Crippen LogP contribution in [0.2, 0.25) is 4.47 Å². The number of hydrogen-bond acceptors (Lipinski definition) is 6. The molecule has 0 fully saturated rings. The number of carbonyl (C=O) groups is 3. The van der Waals surface area contributed by atoms with Crippen molar-refractivity contribution in [2.75, 3.05) is 6.61 Å². The molecular formula is C24H22ClN3O5S. The molecule has 1 atom stereocenters. The molecule has 176 valence electrons. The number of aliphatic carboxylic acids is 1. The van der Waals surface area contributed by atoms with E-state index in [1.807, 2.05) is 48.5 Å². The van der Waals surface area contributed by atoms with Crippen LogP contribution in [0.5, 0.6) is 0 Å². The molecule has 10 heteroatoms. The smallest absolute Gasteiger partial charge is 0.407 e. The Morgan fingerprint density at radius 3 is 2.32 bits per heavy atom. The van der Waals surface area contributed by atoms with Gasteiger partial charge in [0.05, 0.1) is 6.54 Å². The maximum Gasteiger partial charge on any atom is 0.407 e. The number of fused-ring (bicyclic) bond motifs is 3. The van der Waals surface area contributed by atoms with Crippen LogP contribution < -0.4 is 10.6 Å². The first-order valence-corrected chi connectivity index (χ1v) is 11.8. The van der Waals surface area contributed by atoms with Crippen LogP contribution >= 0.6 is 22.9 Å². The molecule has 0 bridgehead atoms. The van der Waals surface area contributed by atoms with Crippen molar-refractivity contribution >= 4 is 40.9 Å². The zero-order valence-corrected chi connectivity index (χ0v) is 19.6. The van der Waals surface area contributed by atoms with Gasteiger partial charge in [-0.15, -0.1) is 11.3 Å². The number of ether oxygens (including phenoxy) is 1. The van der Waals surface area contributed by atoms with E-state index < -0.39 is 24.0 Å². The summed E-state index contributed by atoms with van der Waals surface area (Å²) >= 11 is 7.02. The Morgan fingerprint density at radius 1 is 1.09 bits per heavy atom. The topological polar surface area (TPSA) is 118 Å². The average molecular weight is 500 g/mol. The molecule has 1 heterocycles. The Balaban J connectivity index is 1.38. The highest BCUT2D eigenvalue weighted by Gasteiger charge is 2.30. The predicted octanol–water partition coefficient (Wildman–Crippen LogP) is 4.18. The van der Waals surface area contributed by atoms with Crippen LogP contribution in [0.25, 0.3) is 11.1 Å². The van der Waals surface area contributed by atoms with Gasteiger partial charge >= 0.3 is 12.1 Å². The molecule has 0 saturated carbocycles. The number of alkyl carbamates (subject to hydrolysis) is 1. The van der Waals surface area contributed by atoms with E-state index in [2.05, 4.69) is 15.6 Å². The van der Waals surface area contributed by atoms with Crippen LogP contribution in [0, 0.1) is 0 Å². The summed E-state index contributed by atoms with van der Waals surface area (Å²) in [4.78, 5) is 40.9. The van der Waals surface area contributed by atoms with Crippen molar-refractivity contribution in [2.45, 2.75) is 31.3 Å². The number of carboxylic acid groups (broad SMARTS) is 1. The lowest BCUT2D eigenvalue weighted by Gasteiger charge is -2.19. The molecule has 34 heavy (non-hydrogen) atoms. The first-order chi connectivity index (χ1) is 16.4. The second-order valence-electron chi connectivity index (χ2n) is 7.75. The van der Waals surface area contributed by atoms with Crippen LogP contribution in [-0.2, 0) is 20.9 Å². The van der Waals surface area contributed by atoms with Gasteiger partial charge in [-0.3, -0.25) is 9.59 Å². The highest BCUT2D eigenvalue weighted by molar-refractivity contribution is 7.15. The van der Waals surface area contributed by atoms with E-state index in [-0.39, 0.29) is 31.9 Å². The summed E-state index contributed by atoms with van der Waals surface area (Å²) in [5, 5.41) is 14.2. The van der Waals surface area contributed by atoms with E-state index in [1.54, 1.807) is 6.20 Å². The van der Waals surface area contributed by atoms with Crippen LogP contribution in [0.3, 0.4) is 0 Å². The first kappa shape index (κ1) is 23.7. The number of halogens is 1. The zero-order valence-electron chi connectivity index (χ0n) is 18.0. The first-order valence-electron chi connectivity index (χ1n) is 10.6. The van der Waals surface area contributed by atoms with E-state index in [4.69, 9.17) is 21.4 Å². The molecule has 2 aromatic carbocycles. The monoisotopic (exact) mass is 499 g/mol. The Labute approximate surface area is 204 Å². The van der Waals surface area contributed by atoms with Gasteiger partial charge in [-0.25, -0.2) is 9.78 Å². The summed E-state index contributed by atoms with van der Waals surface area (Å²) < 4.78 is 5.84. The van der Waals surface area contributed by atoms with E-state index >= 15 is 0 Å². The summed E-state index contributed by atoms with van der Waals surface area (Å²) in [6, 6.07) is 14.9. The third-order valence-electron chi connectivity index (χ3n) is 5.56. The number of aromatic nitrogens is 1. The lowest BCUT2D eigenvalue weighted by atomic mass is 9.98. The third kappa shape index (κ3) is 5.55. The molecule has 3 N–H and O–H groups in total. The number of amides is 2. The number of carboxylic acids is 1. The van der Waals surface area contributed by atoms with E-state index in [0.717, 1.165) is 27.1 Å². The summed E-state index contributed by atoms with van der Waals surface area (Å²) in [6.07, 6.45) is 0.398. The van der Waals surface area contributed by atoms with Gasteiger partial charge in [0.25, 0.3) is 0 Å². The minimum atomic E-state index is -1.07. The fourth-order valence-corrected chi connectivity index (χ4v) is 4.90. The van der Waals surface area contributed by atoms with Crippen LogP contribution in [0.4, 0.5) is 4.79 Å². The number of benzene rings is 2. The standard InChI is InChI=1S/C24H22ClN3O5S/c25-23-27-12-14(34-23)11-26-22(31)20(9-10-21(29)30)28-24(32)33-13-19-17-7-3-1-5-15(17)16-6-2-4-8-18(16)19/h1-8,12,19-20H,9-11,13H2,(H,26,31)(H,28,32)(H,29,30). The van der Waals surface area contributed by atoms with Gasteiger partial charge < -0.3 is 20.5 Å². The Hall–Kier alpha value is -3.43. The van der Waals surface area contributed by atoms with Crippen molar-refractivity contribution in [3.63, 3.8) is 0 Å². The van der Waals surface area contributed by atoms with Crippen LogP contribution in [0.1, 0.15) is 34.8 Å². The highest BCUT2D eigenvalue weighted by atomic mass is 35.5. The van der Waals surface area contributed by atoms with E-state index in [1.165, 1.54) is 11.3 Å². The molecular weight excluding hydrogens is 478 g/mol. The summed E-state index contributed by atoms with van der Waals surface area (Å²) in [5.74, 6) is -1.71. The molecule has 1 aliphatic carbocycles. The zero-order chi connectivity index (χ0) is 24.1. The molecule has 4 rings (SSSR count). The Bertz CT molecular complexity index is 1170. The maximum absolute atomic E-state index is 12.6. The maximum atomic E-state index is 12.6. The van der Waals surface area contributed by atoms with E-state index in [9.17, 15) is 14.4 Å². The van der Waals surface area contributed by atoms with Crippen molar-refractivity contribution in [1.82, 2.24) is 15.6 Å². The second kappa shape index (κ2) is 10.7. The van der Waals surface area contributed by atoms with Crippen molar-refractivity contribution in [1.29, 1.82) is 0 Å². The number of nitrogens with zero attached hydrogens (tertiary/aromatic N) is 1. The van der Waals surface area contributed by atoms with Crippen molar-refractivity contribution in [3.05, 3.63) is 75.2 Å². The van der Waals surface area contributed by atoms with Gasteiger partial charge in [-0.1, -0.05) is 60.1 Å². The van der Waals surface area contributed by atoms with Gasteiger partial charge in [-0.2, -0.15) is 0 Å². The lowest BCUT2D eigenvalue weighted by Crippen LogP contribution is -2.47. The van der Waals surface area contributed by atoms with Crippen molar-refractivity contribution in [2.24, 2.45) is 0 Å². The molecule has 0 saturated heterocycles. The number of rotatable bonds is 9. The van der Waals surface area contributed by atoms with Crippen LogP contribution in [-0.4, -0.2) is 40.7 Å². The van der Waals surface area contributed by atoms with Gasteiger partial charge in [-0.05, 0) is 28.7 Å². The molecule has 3 aromatic rings. The third-order valence-corrected chi connectivity index (χ3v) is 6.68. The minimum Gasteiger partial charge on any atom is -0.481 e. The van der Waals surface area contributed by atoms with Crippen molar-refractivity contribution in [3.8, 4) is 11.1 Å². The number of hydrogen-bond donors (Lipinski definition) is 3. The molecule has 0 radical (unpaired) electrons. The molecule has 1 aromatic heterocycles. The number of carbonyl (C=O) groups excluding carboxylic acids is 2. The minimum absolute atomic E-state index is 0.0746. The van der Waals surface area contributed by atoms with Crippen molar-refractivity contribution < 1.29 is 24.2 Å². The largest absolute Gasteiger partial charge is 0.481 e. The summed E-state index contributed by atoms with van der Waals surface area (Å²) in [5.41, 5.74) is 4.35. The molecule has 0 aliphatic heterocycles. The second-order valence-corrected chi connectivity index (χ2v) is 9.45. The fraction of sp³-hybridized carbons (Fsp3) is 0.250. The molecule has 0 spiro atoms.